The molecule has 0 aromatic heterocycles. The van der Waals surface area contributed by atoms with Gasteiger partial charge in [0.25, 0.3) is 0 Å². The highest BCUT2D eigenvalue weighted by atomic mass is 16.2. The van der Waals surface area contributed by atoms with Gasteiger partial charge in [0.2, 0.25) is 5.91 Å². The van der Waals surface area contributed by atoms with Gasteiger partial charge in [-0.25, -0.2) is 0 Å². The van der Waals surface area contributed by atoms with Crippen LogP contribution in [0.15, 0.2) is 4.99 Å². The summed E-state index contributed by atoms with van der Waals surface area (Å²) in [5.74, 6) is 0.102. The topological polar surface area (TPSA) is 53.5 Å². The Kier molecular flexibility index (Phi) is 13.8. The molecule has 2 N–H and O–H groups in total. The van der Waals surface area contributed by atoms with Crippen LogP contribution < -0.4 is 10.6 Å². The minimum atomic E-state index is -0.284. The number of carbonyl (C=O) groups is 1. The van der Waals surface area contributed by atoms with Crippen molar-refractivity contribution in [1.82, 2.24) is 10.6 Å². The summed E-state index contributed by atoms with van der Waals surface area (Å²) >= 11 is 0. The van der Waals surface area contributed by atoms with E-state index in [-0.39, 0.29) is 33.4 Å². The summed E-state index contributed by atoms with van der Waals surface area (Å²) < 4.78 is 0. The molecule has 0 unspecified atom stereocenters. The lowest BCUT2D eigenvalue weighted by Gasteiger charge is -2.27. The van der Waals surface area contributed by atoms with Crippen LogP contribution in [-0.2, 0) is 4.79 Å². The van der Waals surface area contributed by atoms with E-state index in [4.69, 9.17) is 0 Å². The van der Waals surface area contributed by atoms with Crippen LogP contribution in [0.25, 0.3) is 0 Å². The van der Waals surface area contributed by atoms with Crippen LogP contribution in [0.1, 0.15) is 125 Å². The second-order valence-electron chi connectivity index (χ2n) is 14.9. The van der Waals surface area contributed by atoms with Crippen molar-refractivity contribution in [2.24, 2.45) is 21.2 Å². The highest BCUT2D eigenvalue weighted by molar-refractivity contribution is 5.81. The van der Waals surface area contributed by atoms with E-state index in [1.165, 1.54) is 0 Å². The molecule has 4 heteroatoms. The quantitative estimate of drug-likeness (QED) is 0.420. The third-order valence-electron chi connectivity index (χ3n) is 3.16. The maximum absolute atomic E-state index is 11.4. The first-order valence-corrected chi connectivity index (χ1v) is 11.7. The maximum Gasteiger partial charge on any atom is 0.225 e. The Bertz CT molecular complexity index is 490. The summed E-state index contributed by atoms with van der Waals surface area (Å²) in [5, 5.41) is 6.38. The lowest BCUT2D eigenvalue weighted by atomic mass is 9.94. The van der Waals surface area contributed by atoms with E-state index in [0.29, 0.717) is 5.41 Å². The molecule has 188 valence electrons. The highest BCUT2D eigenvalue weighted by Gasteiger charge is 2.24. The largest absolute Gasteiger partial charge is 0.351 e. The SMILES string of the molecule is CC(C)(C)C=NC(C)(C)C.CC(C)(C)CNC(C)(C)C.CC(C)(C)NC(=O)C(C)(C)C. The molecule has 0 bridgehead atoms. The first-order valence-electron chi connectivity index (χ1n) is 11.7. The number of amides is 1. The smallest absolute Gasteiger partial charge is 0.225 e. The Labute approximate surface area is 196 Å². The molecule has 0 aliphatic heterocycles. The highest BCUT2D eigenvalue weighted by Crippen LogP contribution is 2.15. The molecule has 0 heterocycles. The van der Waals surface area contributed by atoms with Crippen LogP contribution in [0.3, 0.4) is 0 Å². The molecule has 0 saturated carbocycles. The van der Waals surface area contributed by atoms with Gasteiger partial charge in [0, 0.05) is 29.3 Å². The maximum atomic E-state index is 11.4. The Balaban J connectivity index is -0.000000380. The molecule has 0 saturated heterocycles. The number of rotatable bonds is 1. The van der Waals surface area contributed by atoms with Crippen molar-refractivity contribution in [1.29, 1.82) is 0 Å². The van der Waals surface area contributed by atoms with Crippen molar-refractivity contribution in [2.75, 3.05) is 6.54 Å². The zero-order valence-electron chi connectivity index (χ0n) is 24.6. The zero-order chi connectivity index (χ0) is 26.1. The van der Waals surface area contributed by atoms with Crippen LogP contribution in [-0.4, -0.2) is 35.3 Å². The number of aliphatic imine (C=N–C) groups is 1. The Morgan fingerprint density at radius 2 is 1.06 bits per heavy atom. The fraction of sp³-hybridized carbons (Fsp3) is 0.926. The molecule has 0 atom stereocenters. The third kappa shape index (κ3) is 36.8. The predicted molar refractivity (Wildman–Crippen MR) is 142 cm³/mol. The normalized spacial score (nSPS) is 13.7. The number of carbonyl (C=O) groups excluding carboxylic acids is 1. The summed E-state index contributed by atoms with van der Waals surface area (Å²) in [6.07, 6.45) is 2.02. The summed E-state index contributed by atoms with van der Waals surface area (Å²) in [7, 11) is 0. The van der Waals surface area contributed by atoms with Gasteiger partial charge in [-0.15, -0.1) is 0 Å². The predicted octanol–water partition coefficient (Wildman–Crippen LogP) is 7.27. The summed E-state index contributed by atoms with van der Waals surface area (Å²) in [6.45, 7) is 38.8. The molecule has 31 heavy (non-hydrogen) atoms. The van der Waals surface area contributed by atoms with Crippen LogP contribution in [0.4, 0.5) is 0 Å². The van der Waals surface area contributed by atoms with Crippen LogP contribution >= 0.6 is 0 Å². The minimum absolute atomic E-state index is 0.0767. The molecule has 0 radical (unpaired) electrons. The molecule has 4 nitrogen and oxygen atoms in total. The Morgan fingerprint density at radius 3 is 1.16 bits per heavy atom. The molecule has 0 fully saturated rings. The number of nitrogens with one attached hydrogen (secondary N) is 2. The van der Waals surface area contributed by atoms with Crippen LogP contribution in [0, 0.1) is 16.2 Å². The standard InChI is InChI=1S/C9H19NO.C9H21N.C9H19N/c1-8(2,3)7(11)10-9(4,5)6;2*1-8(2,3)7-10-9(4,5)6/h1-6H3,(H,10,11);10H,7H2,1-6H3;7H,1-6H3. The first kappa shape index (κ1) is 34.7. The molecule has 0 aliphatic rings. The average Bonchev–Trinajstić information content (AvgIpc) is 2.39. The zero-order valence-corrected chi connectivity index (χ0v) is 24.6. The molecular weight excluding hydrogens is 382 g/mol. The summed E-state index contributed by atoms with van der Waals surface area (Å²) in [6, 6.07) is 0. The summed E-state index contributed by atoms with van der Waals surface area (Å²) in [4.78, 5) is 15.8. The molecule has 1 amide bonds. The number of hydrogen-bond donors (Lipinski definition) is 2. The Morgan fingerprint density at radius 1 is 0.677 bits per heavy atom. The number of nitrogens with zero attached hydrogens (tertiary/aromatic N) is 1. The van der Waals surface area contributed by atoms with Gasteiger partial charge in [0.05, 0.1) is 5.54 Å². The fourth-order valence-corrected chi connectivity index (χ4v) is 1.45. The van der Waals surface area contributed by atoms with Crippen molar-refractivity contribution in [2.45, 2.75) is 141 Å². The summed E-state index contributed by atoms with van der Waals surface area (Å²) in [5.41, 5.74) is 0.540. The van der Waals surface area contributed by atoms with E-state index < -0.39 is 0 Å². The number of hydrogen-bond acceptors (Lipinski definition) is 3. The van der Waals surface area contributed by atoms with Gasteiger partial charge < -0.3 is 10.6 Å². The Hall–Kier alpha value is -0.900. The second kappa shape index (κ2) is 12.4. The van der Waals surface area contributed by atoms with Gasteiger partial charge in [0.1, 0.15) is 0 Å². The van der Waals surface area contributed by atoms with Crippen molar-refractivity contribution in [3.63, 3.8) is 0 Å². The molecule has 0 aromatic rings. The van der Waals surface area contributed by atoms with Gasteiger partial charge in [-0.05, 0) is 73.1 Å². The van der Waals surface area contributed by atoms with E-state index in [1.54, 1.807) is 0 Å². The molecule has 0 rings (SSSR count). The van der Waals surface area contributed by atoms with E-state index in [1.807, 2.05) is 47.8 Å². The van der Waals surface area contributed by atoms with Crippen LogP contribution in [0.5, 0.6) is 0 Å². The van der Waals surface area contributed by atoms with Gasteiger partial charge >= 0.3 is 0 Å². The first-order chi connectivity index (χ1) is 13.0. The van der Waals surface area contributed by atoms with Gasteiger partial charge in [0.15, 0.2) is 0 Å². The lowest BCUT2D eigenvalue weighted by molar-refractivity contribution is -0.130. The average molecular weight is 442 g/mol. The molecule has 0 aliphatic carbocycles. The molecular formula is C27H59N3O. The minimum Gasteiger partial charge on any atom is -0.351 e. The van der Waals surface area contributed by atoms with Crippen molar-refractivity contribution >= 4 is 12.1 Å². The molecule has 0 aromatic carbocycles. The van der Waals surface area contributed by atoms with E-state index in [2.05, 4.69) is 98.7 Å². The van der Waals surface area contributed by atoms with Crippen molar-refractivity contribution in [3.8, 4) is 0 Å². The van der Waals surface area contributed by atoms with E-state index in [9.17, 15) is 4.79 Å². The lowest BCUT2D eigenvalue weighted by Crippen LogP contribution is -2.46. The van der Waals surface area contributed by atoms with Gasteiger partial charge in [-0.2, -0.15) is 0 Å². The van der Waals surface area contributed by atoms with Gasteiger partial charge in [-0.1, -0.05) is 62.3 Å². The van der Waals surface area contributed by atoms with Crippen molar-refractivity contribution < 1.29 is 4.79 Å². The molecule has 0 spiro atoms. The monoisotopic (exact) mass is 441 g/mol. The van der Waals surface area contributed by atoms with Gasteiger partial charge in [-0.3, -0.25) is 9.79 Å². The van der Waals surface area contributed by atoms with E-state index in [0.717, 1.165) is 6.54 Å². The van der Waals surface area contributed by atoms with Crippen molar-refractivity contribution in [3.05, 3.63) is 0 Å². The fourth-order valence-electron chi connectivity index (χ4n) is 1.45. The second-order valence-corrected chi connectivity index (χ2v) is 14.9. The van der Waals surface area contributed by atoms with Crippen LogP contribution in [0.2, 0.25) is 0 Å². The third-order valence-corrected chi connectivity index (χ3v) is 3.16. The van der Waals surface area contributed by atoms with E-state index >= 15 is 0 Å².